The fourth-order valence-electron chi connectivity index (χ4n) is 3.08. The van der Waals surface area contributed by atoms with Crippen molar-refractivity contribution in [3.63, 3.8) is 0 Å². The van der Waals surface area contributed by atoms with Gasteiger partial charge in [-0.05, 0) is 36.6 Å². The SMILES string of the molecule is O=C(Nc1nc2c(-c3ccn(Cc4ccccc4)n3)cccn2n1)C1CC1. The summed E-state index contributed by atoms with van der Waals surface area (Å²) in [6.45, 7) is 0.708. The normalized spacial score (nSPS) is 13.8. The van der Waals surface area contributed by atoms with E-state index >= 15 is 0 Å². The van der Waals surface area contributed by atoms with Crippen LogP contribution in [-0.4, -0.2) is 30.3 Å². The Morgan fingerprint density at radius 3 is 2.70 bits per heavy atom. The number of pyridine rings is 1. The van der Waals surface area contributed by atoms with Crippen LogP contribution in [0.15, 0.2) is 60.9 Å². The maximum Gasteiger partial charge on any atom is 0.249 e. The van der Waals surface area contributed by atoms with E-state index in [4.69, 9.17) is 0 Å². The zero-order chi connectivity index (χ0) is 18.2. The number of rotatable bonds is 5. The van der Waals surface area contributed by atoms with E-state index in [0.29, 0.717) is 18.1 Å². The molecule has 7 heteroatoms. The van der Waals surface area contributed by atoms with E-state index in [2.05, 4.69) is 32.6 Å². The monoisotopic (exact) mass is 358 g/mol. The first kappa shape index (κ1) is 15.7. The van der Waals surface area contributed by atoms with Crippen LogP contribution >= 0.6 is 0 Å². The molecule has 1 aliphatic rings. The molecule has 1 amide bonds. The van der Waals surface area contributed by atoms with Crippen LogP contribution in [0.1, 0.15) is 18.4 Å². The van der Waals surface area contributed by atoms with Crippen LogP contribution in [0.25, 0.3) is 16.9 Å². The molecule has 1 aromatic carbocycles. The van der Waals surface area contributed by atoms with Gasteiger partial charge in [0.1, 0.15) is 0 Å². The van der Waals surface area contributed by atoms with Crippen LogP contribution in [0, 0.1) is 5.92 Å². The van der Waals surface area contributed by atoms with Gasteiger partial charge in [-0.15, -0.1) is 5.10 Å². The summed E-state index contributed by atoms with van der Waals surface area (Å²) in [5.74, 6) is 0.451. The van der Waals surface area contributed by atoms with Crippen LogP contribution in [-0.2, 0) is 11.3 Å². The van der Waals surface area contributed by atoms with Crippen molar-refractivity contribution in [3.8, 4) is 11.3 Å². The van der Waals surface area contributed by atoms with E-state index in [1.807, 2.05) is 53.5 Å². The molecule has 1 saturated carbocycles. The van der Waals surface area contributed by atoms with Gasteiger partial charge in [-0.3, -0.25) is 14.8 Å². The van der Waals surface area contributed by atoms with Crippen LogP contribution in [0.2, 0.25) is 0 Å². The summed E-state index contributed by atoms with van der Waals surface area (Å²) >= 11 is 0. The Hall–Kier alpha value is -3.48. The molecule has 0 unspecified atom stereocenters. The van der Waals surface area contributed by atoms with Gasteiger partial charge in [0.15, 0.2) is 5.65 Å². The molecular weight excluding hydrogens is 340 g/mol. The molecule has 0 spiro atoms. The smallest absolute Gasteiger partial charge is 0.249 e. The molecule has 4 aromatic rings. The van der Waals surface area contributed by atoms with Crippen LogP contribution in [0.5, 0.6) is 0 Å². The summed E-state index contributed by atoms with van der Waals surface area (Å²) < 4.78 is 3.58. The first-order valence-corrected chi connectivity index (χ1v) is 9.00. The molecule has 5 rings (SSSR count). The number of carbonyl (C=O) groups excluding carboxylic acids is 1. The molecule has 1 N–H and O–H groups in total. The lowest BCUT2D eigenvalue weighted by Gasteiger charge is -2.02. The van der Waals surface area contributed by atoms with E-state index < -0.39 is 0 Å². The fourth-order valence-corrected chi connectivity index (χ4v) is 3.08. The molecule has 0 saturated heterocycles. The number of amides is 1. The molecule has 27 heavy (non-hydrogen) atoms. The Labute approximate surface area is 155 Å². The average Bonchev–Trinajstić information content (AvgIpc) is 3.31. The van der Waals surface area contributed by atoms with E-state index in [1.165, 1.54) is 5.56 Å². The topological polar surface area (TPSA) is 77.1 Å². The maximum absolute atomic E-state index is 12.0. The Balaban J connectivity index is 1.44. The third-order valence-corrected chi connectivity index (χ3v) is 4.65. The van der Waals surface area contributed by atoms with Crippen molar-refractivity contribution in [3.05, 3.63) is 66.5 Å². The predicted molar refractivity (Wildman–Crippen MR) is 101 cm³/mol. The van der Waals surface area contributed by atoms with Gasteiger partial charge in [-0.25, -0.2) is 4.52 Å². The minimum Gasteiger partial charge on any atom is -0.293 e. The molecular formula is C20H18N6O. The van der Waals surface area contributed by atoms with Crippen LogP contribution in [0.3, 0.4) is 0 Å². The van der Waals surface area contributed by atoms with Gasteiger partial charge in [0.05, 0.1) is 12.2 Å². The van der Waals surface area contributed by atoms with Gasteiger partial charge in [0, 0.05) is 23.9 Å². The van der Waals surface area contributed by atoms with Gasteiger partial charge in [-0.2, -0.15) is 10.1 Å². The Morgan fingerprint density at radius 1 is 1.04 bits per heavy atom. The number of aromatic nitrogens is 5. The minimum atomic E-state index is -0.000375. The van der Waals surface area contributed by atoms with Crippen molar-refractivity contribution in [2.45, 2.75) is 19.4 Å². The van der Waals surface area contributed by atoms with Crippen molar-refractivity contribution < 1.29 is 4.79 Å². The highest BCUT2D eigenvalue weighted by Crippen LogP contribution is 2.30. The van der Waals surface area contributed by atoms with Crippen molar-refractivity contribution in [1.29, 1.82) is 0 Å². The third-order valence-electron chi connectivity index (χ3n) is 4.65. The molecule has 0 aliphatic heterocycles. The Kier molecular flexibility index (Phi) is 3.71. The average molecular weight is 358 g/mol. The number of carbonyl (C=O) groups is 1. The van der Waals surface area contributed by atoms with E-state index in [-0.39, 0.29) is 11.8 Å². The molecule has 3 heterocycles. The van der Waals surface area contributed by atoms with Crippen LogP contribution in [0.4, 0.5) is 5.95 Å². The van der Waals surface area contributed by atoms with Gasteiger partial charge >= 0.3 is 0 Å². The Morgan fingerprint density at radius 2 is 1.89 bits per heavy atom. The number of hydrogen-bond donors (Lipinski definition) is 1. The number of nitrogens with zero attached hydrogens (tertiary/aromatic N) is 5. The summed E-state index contributed by atoms with van der Waals surface area (Å²) in [7, 11) is 0. The van der Waals surface area contributed by atoms with Gasteiger partial charge in [0.2, 0.25) is 11.9 Å². The standard InChI is InChI=1S/C20H18N6O/c27-19(15-8-9-15)22-20-21-18-16(7-4-11-26(18)24-20)17-10-12-25(23-17)13-14-5-2-1-3-6-14/h1-7,10-12,15H,8-9,13H2,(H,22,24,27). The lowest BCUT2D eigenvalue weighted by Crippen LogP contribution is -2.14. The second-order valence-corrected chi connectivity index (χ2v) is 6.77. The first-order chi connectivity index (χ1) is 13.3. The van der Waals surface area contributed by atoms with Crippen LogP contribution < -0.4 is 5.32 Å². The lowest BCUT2D eigenvalue weighted by molar-refractivity contribution is -0.117. The van der Waals surface area contributed by atoms with E-state index in [0.717, 1.165) is 24.1 Å². The highest BCUT2D eigenvalue weighted by Gasteiger charge is 2.30. The molecule has 1 fully saturated rings. The largest absolute Gasteiger partial charge is 0.293 e. The summed E-state index contributed by atoms with van der Waals surface area (Å²) in [6.07, 6.45) is 5.67. The van der Waals surface area contributed by atoms with Crippen molar-refractivity contribution in [1.82, 2.24) is 24.4 Å². The molecule has 0 radical (unpaired) electrons. The number of fused-ring (bicyclic) bond motifs is 1. The van der Waals surface area contributed by atoms with Crippen molar-refractivity contribution in [2.24, 2.45) is 5.92 Å². The van der Waals surface area contributed by atoms with Gasteiger partial charge in [0.25, 0.3) is 0 Å². The minimum absolute atomic E-state index is 0.000375. The quantitative estimate of drug-likeness (QED) is 0.595. The number of benzene rings is 1. The molecule has 3 aromatic heterocycles. The zero-order valence-electron chi connectivity index (χ0n) is 14.6. The van der Waals surface area contributed by atoms with Crippen molar-refractivity contribution >= 4 is 17.5 Å². The summed E-state index contributed by atoms with van der Waals surface area (Å²) in [5, 5.41) is 11.8. The van der Waals surface area contributed by atoms with Crippen molar-refractivity contribution in [2.75, 3.05) is 5.32 Å². The maximum atomic E-state index is 12.0. The third kappa shape index (κ3) is 3.19. The first-order valence-electron chi connectivity index (χ1n) is 9.00. The molecule has 7 nitrogen and oxygen atoms in total. The fraction of sp³-hybridized carbons (Fsp3) is 0.200. The highest BCUT2D eigenvalue weighted by molar-refractivity contribution is 5.93. The predicted octanol–water partition coefficient (Wildman–Crippen LogP) is 2.99. The van der Waals surface area contributed by atoms with Gasteiger partial charge < -0.3 is 0 Å². The molecule has 134 valence electrons. The number of nitrogens with one attached hydrogen (secondary N) is 1. The van der Waals surface area contributed by atoms with Gasteiger partial charge in [-0.1, -0.05) is 30.3 Å². The lowest BCUT2D eigenvalue weighted by atomic mass is 10.2. The molecule has 0 atom stereocenters. The molecule has 0 bridgehead atoms. The number of hydrogen-bond acceptors (Lipinski definition) is 4. The Bertz CT molecular complexity index is 1110. The van der Waals surface area contributed by atoms with E-state index in [1.54, 1.807) is 4.52 Å². The second-order valence-electron chi connectivity index (χ2n) is 6.77. The number of anilines is 1. The second kappa shape index (κ2) is 6.35. The highest BCUT2D eigenvalue weighted by atomic mass is 16.2. The summed E-state index contributed by atoms with van der Waals surface area (Å²) in [5.41, 5.74) is 3.57. The zero-order valence-corrected chi connectivity index (χ0v) is 14.6. The summed E-state index contributed by atoms with van der Waals surface area (Å²) in [6, 6.07) is 16.0. The van der Waals surface area contributed by atoms with E-state index in [9.17, 15) is 4.79 Å². The summed E-state index contributed by atoms with van der Waals surface area (Å²) in [4.78, 5) is 16.5. The molecule has 1 aliphatic carbocycles.